The van der Waals surface area contributed by atoms with Crippen LogP contribution in [0.15, 0.2) is 54.7 Å². The summed E-state index contributed by atoms with van der Waals surface area (Å²) in [4.78, 5) is 9.16. The lowest BCUT2D eigenvalue weighted by molar-refractivity contribution is 0.277. The van der Waals surface area contributed by atoms with Crippen LogP contribution >= 0.6 is 12.2 Å². The summed E-state index contributed by atoms with van der Waals surface area (Å²) in [6.45, 7) is 6.09. The van der Waals surface area contributed by atoms with E-state index in [0.717, 1.165) is 35.3 Å². The molecule has 32 heavy (non-hydrogen) atoms. The third-order valence-electron chi connectivity index (χ3n) is 6.09. The molecule has 168 valence electrons. The van der Waals surface area contributed by atoms with Gasteiger partial charge in [0, 0.05) is 42.4 Å². The van der Waals surface area contributed by atoms with E-state index in [0.29, 0.717) is 0 Å². The van der Waals surface area contributed by atoms with Crippen molar-refractivity contribution in [1.29, 1.82) is 0 Å². The van der Waals surface area contributed by atoms with E-state index in [1.807, 2.05) is 30.5 Å². The number of nitrogens with one attached hydrogen (secondary N) is 1. The third kappa shape index (κ3) is 4.23. The first-order valence-corrected chi connectivity index (χ1v) is 11.3. The molecule has 1 aliphatic rings. The average molecular weight is 450 g/mol. The normalized spacial score (nSPS) is 18.3. The SMILES string of the molecule is COc1cccc(-n2c(C)cc(C3C(c4ccccn4)NC(=S)N3CCN(C)C)c2C)c1. The average Bonchev–Trinajstić information content (AvgIpc) is 3.27. The van der Waals surface area contributed by atoms with Crippen molar-refractivity contribution in [1.82, 2.24) is 24.7 Å². The van der Waals surface area contributed by atoms with Gasteiger partial charge in [-0.05, 0) is 76.1 Å². The molecule has 1 aliphatic heterocycles. The second-order valence-electron chi connectivity index (χ2n) is 8.49. The van der Waals surface area contributed by atoms with Gasteiger partial charge in [0.25, 0.3) is 0 Å². The molecular formula is C25H31N5OS. The number of hydrogen-bond donors (Lipinski definition) is 1. The molecule has 0 amide bonds. The minimum absolute atomic E-state index is 0.00915. The number of thiocarbonyl (C=S) groups is 1. The molecule has 2 atom stereocenters. The van der Waals surface area contributed by atoms with Crippen LogP contribution in [-0.4, -0.2) is 58.8 Å². The zero-order chi connectivity index (χ0) is 22.8. The molecule has 0 aliphatic carbocycles. The molecule has 4 rings (SSSR count). The number of hydrogen-bond acceptors (Lipinski definition) is 4. The largest absolute Gasteiger partial charge is 0.497 e. The maximum absolute atomic E-state index is 5.80. The zero-order valence-electron chi connectivity index (χ0n) is 19.4. The Morgan fingerprint density at radius 1 is 1.12 bits per heavy atom. The number of aryl methyl sites for hydroxylation is 1. The fourth-order valence-electron chi connectivity index (χ4n) is 4.53. The van der Waals surface area contributed by atoms with Crippen molar-refractivity contribution in [2.24, 2.45) is 0 Å². The summed E-state index contributed by atoms with van der Waals surface area (Å²) in [6.07, 6.45) is 1.85. The first-order valence-electron chi connectivity index (χ1n) is 10.9. The number of nitrogens with zero attached hydrogens (tertiary/aromatic N) is 4. The number of rotatable bonds is 7. The molecule has 3 heterocycles. The Kier molecular flexibility index (Phi) is 6.48. The highest BCUT2D eigenvalue weighted by molar-refractivity contribution is 7.80. The highest BCUT2D eigenvalue weighted by Gasteiger charge is 2.41. The summed E-state index contributed by atoms with van der Waals surface area (Å²) >= 11 is 5.80. The smallest absolute Gasteiger partial charge is 0.170 e. The van der Waals surface area contributed by atoms with Gasteiger partial charge >= 0.3 is 0 Å². The lowest BCUT2D eigenvalue weighted by Crippen LogP contribution is -2.35. The van der Waals surface area contributed by atoms with Gasteiger partial charge in [-0.3, -0.25) is 4.98 Å². The monoisotopic (exact) mass is 449 g/mol. The van der Waals surface area contributed by atoms with Crippen LogP contribution in [0.4, 0.5) is 0 Å². The first kappa shape index (κ1) is 22.3. The molecule has 1 fully saturated rings. The number of ether oxygens (including phenoxy) is 1. The van der Waals surface area contributed by atoms with Crippen LogP contribution in [0.5, 0.6) is 5.75 Å². The first-order chi connectivity index (χ1) is 15.4. The van der Waals surface area contributed by atoms with Gasteiger partial charge in [0.2, 0.25) is 0 Å². The quantitative estimate of drug-likeness (QED) is 0.550. The maximum atomic E-state index is 5.80. The Morgan fingerprint density at radius 3 is 2.62 bits per heavy atom. The highest BCUT2D eigenvalue weighted by atomic mass is 32.1. The molecule has 1 aromatic carbocycles. The topological polar surface area (TPSA) is 45.6 Å². The molecule has 3 aromatic rings. The third-order valence-corrected chi connectivity index (χ3v) is 6.44. The van der Waals surface area contributed by atoms with E-state index in [1.54, 1.807) is 7.11 Å². The lowest BCUT2D eigenvalue weighted by atomic mass is 9.97. The van der Waals surface area contributed by atoms with Crippen molar-refractivity contribution in [3.05, 3.63) is 77.4 Å². The Balaban J connectivity index is 1.80. The van der Waals surface area contributed by atoms with Crippen molar-refractivity contribution in [2.45, 2.75) is 25.9 Å². The molecule has 6 nitrogen and oxygen atoms in total. The van der Waals surface area contributed by atoms with Crippen LogP contribution in [0.3, 0.4) is 0 Å². The molecule has 0 bridgehead atoms. The van der Waals surface area contributed by atoms with Gasteiger partial charge in [-0.25, -0.2) is 0 Å². The summed E-state index contributed by atoms with van der Waals surface area (Å²) in [7, 11) is 5.88. The van der Waals surface area contributed by atoms with Gasteiger partial charge < -0.3 is 24.4 Å². The van der Waals surface area contributed by atoms with Crippen LogP contribution in [0, 0.1) is 13.8 Å². The van der Waals surface area contributed by atoms with E-state index < -0.39 is 0 Å². The van der Waals surface area contributed by atoms with E-state index in [2.05, 4.69) is 76.9 Å². The number of pyridine rings is 1. The Bertz CT molecular complexity index is 1090. The van der Waals surface area contributed by atoms with Gasteiger partial charge in [-0.2, -0.15) is 0 Å². The Labute approximate surface area is 195 Å². The Morgan fingerprint density at radius 2 is 1.94 bits per heavy atom. The summed E-state index contributed by atoms with van der Waals surface area (Å²) in [5.41, 5.74) is 5.72. The fraction of sp³-hybridized carbons (Fsp3) is 0.360. The van der Waals surface area contributed by atoms with Gasteiger partial charge in [-0.1, -0.05) is 12.1 Å². The fourth-order valence-corrected chi connectivity index (χ4v) is 4.86. The van der Waals surface area contributed by atoms with Crippen LogP contribution in [0.2, 0.25) is 0 Å². The standard InChI is InChI=1S/C25H31N5OS/c1-17-15-21(18(2)30(17)19-9-8-10-20(16-19)31-5)24-23(22-11-6-7-12-26-22)27-25(32)29(24)14-13-28(3)4/h6-12,15-16,23-24H,13-14H2,1-5H3,(H,27,32). The molecule has 0 radical (unpaired) electrons. The van der Waals surface area contributed by atoms with Crippen LogP contribution in [-0.2, 0) is 0 Å². The minimum atomic E-state index is -0.00915. The lowest BCUT2D eigenvalue weighted by Gasteiger charge is -2.29. The van der Waals surface area contributed by atoms with E-state index >= 15 is 0 Å². The van der Waals surface area contributed by atoms with E-state index in [-0.39, 0.29) is 12.1 Å². The van der Waals surface area contributed by atoms with Crippen molar-refractivity contribution in [3.8, 4) is 11.4 Å². The molecule has 1 N–H and O–H groups in total. The molecule has 1 saturated heterocycles. The summed E-state index contributed by atoms with van der Waals surface area (Å²) in [5.74, 6) is 0.847. The van der Waals surface area contributed by atoms with Gasteiger partial charge in [0.1, 0.15) is 5.75 Å². The van der Waals surface area contributed by atoms with Crippen molar-refractivity contribution in [3.63, 3.8) is 0 Å². The van der Waals surface area contributed by atoms with Crippen molar-refractivity contribution >= 4 is 17.3 Å². The summed E-state index contributed by atoms with van der Waals surface area (Å²) in [6, 6.07) is 16.6. The minimum Gasteiger partial charge on any atom is -0.497 e. The number of methoxy groups -OCH3 is 1. The van der Waals surface area contributed by atoms with Gasteiger partial charge in [0.15, 0.2) is 5.11 Å². The van der Waals surface area contributed by atoms with Gasteiger partial charge in [0.05, 0.1) is 24.9 Å². The van der Waals surface area contributed by atoms with Crippen LogP contribution in [0.1, 0.15) is 34.7 Å². The molecule has 2 aromatic heterocycles. The number of likely N-dealkylation sites (N-methyl/N-ethyl adjacent to an activating group) is 1. The molecular weight excluding hydrogens is 418 g/mol. The van der Waals surface area contributed by atoms with Crippen LogP contribution in [0.25, 0.3) is 5.69 Å². The van der Waals surface area contributed by atoms with E-state index in [4.69, 9.17) is 17.0 Å². The second-order valence-corrected chi connectivity index (χ2v) is 8.87. The number of benzene rings is 1. The summed E-state index contributed by atoms with van der Waals surface area (Å²) < 4.78 is 7.75. The maximum Gasteiger partial charge on any atom is 0.170 e. The summed E-state index contributed by atoms with van der Waals surface area (Å²) in [5, 5.41) is 4.33. The predicted octanol–water partition coefficient (Wildman–Crippen LogP) is 4.03. The molecule has 7 heteroatoms. The van der Waals surface area contributed by atoms with Crippen molar-refractivity contribution < 1.29 is 4.74 Å². The highest BCUT2D eigenvalue weighted by Crippen LogP contribution is 2.41. The second kappa shape index (κ2) is 9.30. The molecule has 0 saturated carbocycles. The van der Waals surface area contributed by atoms with Gasteiger partial charge in [-0.15, -0.1) is 0 Å². The molecule has 0 spiro atoms. The Hall–Kier alpha value is -2.90. The number of aromatic nitrogens is 2. The van der Waals surface area contributed by atoms with E-state index in [1.165, 1.54) is 17.0 Å². The molecule has 2 unspecified atom stereocenters. The van der Waals surface area contributed by atoms with E-state index in [9.17, 15) is 0 Å². The zero-order valence-corrected chi connectivity index (χ0v) is 20.2. The van der Waals surface area contributed by atoms with Crippen LogP contribution < -0.4 is 10.1 Å². The predicted molar refractivity (Wildman–Crippen MR) is 133 cm³/mol. The van der Waals surface area contributed by atoms with Crippen molar-refractivity contribution in [2.75, 3.05) is 34.3 Å².